The standard InChI is InChI=1S/C8H15N3O4/c1-3-8(12)14-7(2)15-9-11(13)10-5-4-6-10/h7H,3-6H2,1-2H3/b11-9-. The van der Waals surface area contributed by atoms with Gasteiger partial charge in [-0.3, -0.25) is 9.63 Å². The highest BCUT2D eigenvalue weighted by Gasteiger charge is 2.22. The van der Waals surface area contributed by atoms with Crippen molar-refractivity contribution >= 4 is 5.97 Å². The van der Waals surface area contributed by atoms with E-state index >= 15 is 0 Å². The van der Waals surface area contributed by atoms with Crippen LogP contribution in [-0.2, 0) is 14.4 Å². The molecule has 0 radical (unpaired) electrons. The van der Waals surface area contributed by atoms with E-state index in [4.69, 9.17) is 4.74 Å². The number of hydrogen-bond acceptors (Lipinski definition) is 5. The van der Waals surface area contributed by atoms with E-state index in [0.29, 0.717) is 18.1 Å². The molecule has 15 heavy (non-hydrogen) atoms. The fourth-order valence-corrected chi connectivity index (χ4v) is 0.919. The number of nitrogens with zero attached hydrogens (tertiary/aromatic N) is 3. The molecule has 0 aromatic carbocycles. The van der Waals surface area contributed by atoms with E-state index in [-0.39, 0.29) is 12.4 Å². The van der Waals surface area contributed by atoms with Crippen LogP contribution in [0.2, 0.25) is 0 Å². The zero-order valence-corrected chi connectivity index (χ0v) is 8.88. The molecule has 0 N–H and O–H groups in total. The SMILES string of the molecule is CCC(=O)OC(C)O/N=[N+](\[O-])N1CCC1. The summed E-state index contributed by atoms with van der Waals surface area (Å²) in [5.74, 6) is -0.390. The van der Waals surface area contributed by atoms with Gasteiger partial charge in [-0.15, -0.1) is 5.01 Å². The summed E-state index contributed by atoms with van der Waals surface area (Å²) in [6.07, 6.45) is 0.408. The summed E-state index contributed by atoms with van der Waals surface area (Å²) >= 11 is 0. The molecule has 1 saturated heterocycles. The lowest BCUT2D eigenvalue weighted by Crippen LogP contribution is -2.42. The monoisotopic (exact) mass is 217 g/mol. The van der Waals surface area contributed by atoms with Crippen molar-refractivity contribution in [3.8, 4) is 0 Å². The van der Waals surface area contributed by atoms with Crippen molar-refractivity contribution in [3.05, 3.63) is 5.21 Å². The second-order valence-corrected chi connectivity index (χ2v) is 3.16. The van der Waals surface area contributed by atoms with Gasteiger partial charge in [-0.25, -0.2) is 0 Å². The van der Waals surface area contributed by atoms with Crippen molar-refractivity contribution in [3.63, 3.8) is 0 Å². The molecular formula is C8H15N3O4. The van der Waals surface area contributed by atoms with Crippen LogP contribution in [0.15, 0.2) is 5.28 Å². The zero-order valence-electron chi connectivity index (χ0n) is 8.88. The fraction of sp³-hybridized carbons (Fsp3) is 0.875. The third-order valence-electron chi connectivity index (χ3n) is 1.93. The Bertz CT molecular complexity index is 252. The molecule has 86 valence electrons. The van der Waals surface area contributed by atoms with Crippen LogP contribution in [0.4, 0.5) is 0 Å². The molecule has 0 spiro atoms. The molecule has 0 saturated carbocycles. The van der Waals surface area contributed by atoms with Crippen molar-refractivity contribution in [2.75, 3.05) is 13.1 Å². The summed E-state index contributed by atoms with van der Waals surface area (Å²) in [7, 11) is 0. The van der Waals surface area contributed by atoms with E-state index in [2.05, 4.69) is 10.1 Å². The van der Waals surface area contributed by atoms with Crippen molar-refractivity contribution in [2.45, 2.75) is 33.0 Å². The number of ether oxygens (including phenoxy) is 1. The lowest BCUT2D eigenvalue weighted by molar-refractivity contribution is -0.724. The number of carbonyl (C=O) groups is 1. The Balaban J connectivity index is 2.25. The largest absolute Gasteiger partial charge is 0.569 e. The number of hydrogen-bond donors (Lipinski definition) is 0. The first kappa shape index (κ1) is 11.5. The summed E-state index contributed by atoms with van der Waals surface area (Å²) in [6.45, 7) is 4.53. The van der Waals surface area contributed by atoms with Gasteiger partial charge in [0.1, 0.15) is 0 Å². The van der Waals surface area contributed by atoms with E-state index in [1.807, 2.05) is 0 Å². The average Bonchev–Trinajstić information content (AvgIpc) is 2.11. The lowest BCUT2D eigenvalue weighted by atomic mass is 10.3. The van der Waals surface area contributed by atoms with E-state index in [1.165, 1.54) is 11.9 Å². The second-order valence-electron chi connectivity index (χ2n) is 3.16. The molecule has 7 heteroatoms. The van der Waals surface area contributed by atoms with Gasteiger partial charge in [-0.05, 0) is 6.42 Å². The maximum Gasteiger partial charge on any atom is 0.308 e. The minimum atomic E-state index is -0.838. The van der Waals surface area contributed by atoms with E-state index in [1.54, 1.807) is 6.92 Å². The van der Waals surface area contributed by atoms with Crippen LogP contribution < -0.4 is 0 Å². The summed E-state index contributed by atoms with van der Waals surface area (Å²) in [5.41, 5.74) is 0. The number of esters is 1. The number of carbonyl (C=O) groups excluding carboxylic acids is 1. The molecule has 7 nitrogen and oxygen atoms in total. The first-order valence-electron chi connectivity index (χ1n) is 4.92. The topological polar surface area (TPSA) is 77.2 Å². The van der Waals surface area contributed by atoms with Crippen LogP contribution in [0.3, 0.4) is 0 Å². The van der Waals surface area contributed by atoms with Crippen LogP contribution in [0.5, 0.6) is 0 Å². The van der Waals surface area contributed by atoms with E-state index in [0.717, 1.165) is 6.42 Å². The van der Waals surface area contributed by atoms with E-state index < -0.39 is 6.29 Å². The summed E-state index contributed by atoms with van der Waals surface area (Å²) < 4.78 is 4.74. The molecule has 0 aromatic rings. The molecule has 1 aliphatic heterocycles. The molecule has 1 unspecified atom stereocenters. The Labute approximate surface area is 87.8 Å². The second kappa shape index (κ2) is 5.38. The summed E-state index contributed by atoms with van der Waals surface area (Å²) in [6, 6.07) is 0. The maximum absolute atomic E-state index is 11.1. The fourth-order valence-electron chi connectivity index (χ4n) is 0.919. The quantitative estimate of drug-likeness (QED) is 0.224. The number of rotatable bonds is 5. The highest BCUT2D eigenvalue weighted by Crippen LogP contribution is 2.06. The maximum atomic E-state index is 11.1. The van der Waals surface area contributed by atoms with E-state index in [9.17, 15) is 10.0 Å². The molecule has 0 aromatic heterocycles. The molecular weight excluding hydrogens is 202 g/mol. The van der Waals surface area contributed by atoms with Crippen molar-refractivity contribution in [1.82, 2.24) is 5.01 Å². The highest BCUT2D eigenvalue weighted by molar-refractivity contribution is 5.68. The van der Waals surface area contributed by atoms with Crippen LogP contribution in [-0.4, -0.2) is 35.3 Å². The molecule has 1 atom stereocenters. The molecule has 0 bridgehead atoms. The third kappa shape index (κ3) is 3.61. The normalized spacial score (nSPS) is 18.0. The Morgan fingerprint density at radius 1 is 1.67 bits per heavy atom. The minimum Gasteiger partial charge on any atom is -0.569 e. The van der Waals surface area contributed by atoms with Gasteiger partial charge in [0, 0.05) is 13.3 Å². The summed E-state index contributed by atoms with van der Waals surface area (Å²) in [4.78, 5) is 15.9. The van der Waals surface area contributed by atoms with Gasteiger partial charge in [0.2, 0.25) is 5.28 Å². The molecule has 1 heterocycles. The first-order chi connectivity index (χ1) is 7.13. The Kier molecular flexibility index (Phi) is 4.14. The van der Waals surface area contributed by atoms with Crippen molar-refractivity contribution < 1.29 is 19.3 Å². The van der Waals surface area contributed by atoms with Gasteiger partial charge in [0.25, 0.3) is 6.29 Å². The Morgan fingerprint density at radius 2 is 2.33 bits per heavy atom. The minimum absolute atomic E-state index is 0.265. The third-order valence-corrected chi connectivity index (χ3v) is 1.93. The van der Waals surface area contributed by atoms with Gasteiger partial charge < -0.3 is 9.94 Å². The predicted molar refractivity (Wildman–Crippen MR) is 49.2 cm³/mol. The Morgan fingerprint density at radius 3 is 2.80 bits per heavy atom. The van der Waals surface area contributed by atoms with Crippen LogP contribution in [0, 0.1) is 5.21 Å². The van der Waals surface area contributed by atoms with Crippen LogP contribution >= 0.6 is 0 Å². The smallest absolute Gasteiger partial charge is 0.308 e. The van der Waals surface area contributed by atoms with Crippen molar-refractivity contribution in [2.24, 2.45) is 5.28 Å². The van der Waals surface area contributed by atoms with Gasteiger partial charge in [-0.2, -0.15) is 0 Å². The average molecular weight is 217 g/mol. The van der Waals surface area contributed by atoms with Crippen LogP contribution in [0.25, 0.3) is 0 Å². The zero-order chi connectivity index (χ0) is 11.3. The predicted octanol–water partition coefficient (Wildman–Crippen LogP) is 0.800. The molecule has 1 fully saturated rings. The van der Waals surface area contributed by atoms with Gasteiger partial charge in [-0.1, -0.05) is 6.92 Å². The Hall–Kier alpha value is -1.53. The molecule has 1 rings (SSSR count). The van der Waals surface area contributed by atoms with Gasteiger partial charge in [0.15, 0.2) is 0 Å². The lowest BCUT2D eigenvalue weighted by Gasteiger charge is -2.25. The summed E-state index contributed by atoms with van der Waals surface area (Å²) in [5, 5.41) is 15.8. The molecule has 1 aliphatic rings. The number of hydrazine groups is 1. The highest BCUT2D eigenvalue weighted by atomic mass is 16.8. The first-order valence-corrected chi connectivity index (χ1v) is 4.92. The van der Waals surface area contributed by atoms with Crippen molar-refractivity contribution in [1.29, 1.82) is 0 Å². The molecule has 0 aliphatic carbocycles. The molecule has 0 amide bonds. The van der Waals surface area contributed by atoms with Gasteiger partial charge in [0.05, 0.1) is 18.1 Å². The van der Waals surface area contributed by atoms with Gasteiger partial charge >= 0.3 is 5.97 Å². The van der Waals surface area contributed by atoms with Crippen LogP contribution in [0.1, 0.15) is 26.7 Å².